The molecule has 94 valence electrons. The molecule has 0 aromatic heterocycles. The van der Waals surface area contributed by atoms with Crippen LogP contribution in [0.1, 0.15) is 13.8 Å². The van der Waals surface area contributed by atoms with E-state index in [9.17, 15) is 25.2 Å². The number of aliphatic carboxylic acids is 1. The normalized spacial score (nSPS) is 46.4. The van der Waals surface area contributed by atoms with Gasteiger partial charge in [-0.25, -0.2) is 0 Å². The van der Waals surface area contributed by atoms with Crippen LogP contribution in [0.2, 0.25) is 0 Å². The molecule has 1 saturated heterocycles. The van der Waals surface area contributed by atoms with Crippen molar-refractivity contribution in [2.24, 2.45) is 5.92 Å². The first-order chi connectivity index (χ1) is 7.21. The molecule has 1 unspecified atom stereocenters. The Bertz CT molecular complexity index is 281. The summed E-state index contributed by atoms with van der Waals surface area (Å²) in [6.45, 7) is 2.50. The lowest BCUT2D eigenvalue weighted by Crippen LogP contribution is -2.67. The van der Waals surface area contributed by atoms with Gasteiger partial charge in [0.15, 0.2) is 0 Å². The van der Waals surface area contributed by atoms with Gasteiger partial charge in [0.2, 0.25) is 5.79 Å². The summed E-state index contributed by atoms with van der Waals surface area (Å²) in [4.78, 5) is 10.7. The van der Waals surface area contributed by atoms with Crippen LogP contribution in [0.5, 0.6) is 0 Å². The van der Waals surface area contributed by atoms with Gasteiger partial charge in [-0.05, 0) is 13.8 Å². The minimum Gasteiger partial charge on any atom is -0.481 e. The van der Waals surface area contributed by atoms with E-state index in [1.54, 1.807) is 0 Å². The Morgan fingerprint density at radius 3 is 2.25 bits per heavy atom. The van der Waals surface area contributed by atoms with Crippen LogP contribution in [-0.2, 0) is 9.53 Å². The highest BCUT2D eigenvalue weighted by Crippen LogP contribution is 2.33. The van der Waals surface area contributed by atoms with Gasteiger partial charge in [-0.2, -0.15) is 0 Å². The fourth-order valence-electron chi connectivity index (χ4n) is 1.68. The van der Waals surface area contributed by atoms with Crippen LogP contribution in [0.4, 0.5) is 0 Å². The van der Waals surface area contributed by atoms with Gasteiger partial charge in [0.1, 0.15) is 24.2 Å². The molecule has 1 aliphatic rings. The van der Waals surface area contributed by atoms with E-state index in [0.29, 0.717) is 0 Å². The minimum absolute atomic E-state index is 0.981. The van der Waals surface area contributed by atoms with E-state index in [1.807, 2.05) is 0 Å². The standard InChI is InChI=1S/C9H16O7/c1-3(8(13)14)9(15)7(12)6(11)5(10)4(2)16-9/h3-7,10-12,15H,1-2H3,(H,13,14)/t3?,4-,5-,6+,7+,9-/m0/s1. The van der Waals surface area contributed by atoms with E-state index in [1.165, 1.54) is 6.92 Å². The molecule has 0 bridgehead atoms. The van der Waals surface area contributed by atoms with Crippen LogP contribution in [0.3, 0.4) is 0 Å². The average Bonchev–Trinajstić information content (AvgIpc) is 2.22. The van der Waals surface area contributed by atoms with E-state index < -0.39 is 42.1 Å². The number of hydrogen-bond donors (Lipinski definition) is 5. The summed E-state index contributed by atoms with van der Waals surface area (Å²) in [6.07, 6.45) is -5.90. The summed E-state index contributed by atoms with van der Waals surface area (Å²) in [5.74, 6) is -5.23. The van der Waals surface area contributed by atoms with Crippen molar-refractivity contribution in [2.45, 2.75) is 44.1 Å². The van der Waals surface area contributed by atoms with Gasteiger partial charge in [-0.3, -0.25) is 4.79 Å². The number of ether oxygens (including phenoxy) is 1. The van der Waals surface area contributed by atoms with Crippen molar-refractivity contribution in [3.8, 4) is 0 Å². The van der Waals surface area contributed by atoms with Gasteiger partial charge in [0.05, 0.1) is 6.10 Å². The monoisotopic (exact) mass is 236 g/mol. The van der Waals surface area contributed by atoms with Crippen LogP contribution < -0.4 is 0 Å². The molecule has 7 nitrogen and oxygen atoms in total. The number of carboxylic acids is 1. The highest BCUT2D eigenvalue weighted by atomic mass is 16.7. The summed E-state index contributed by atoms with van der Waals surface area (Å²) in [5, 5.41) is 47.1. The molecule has 7 heteroatoms. The van der Waals surface area contributed by atoms with Gasteiger partial charge in [0.25, 0.3) is 0 Å². The Morgan fingerprint density at radius 1 is 1.31 bits per heavy atom. The van der Waals surface area contributed by atoms with Crippen LogP contribution in [0, 0.1) is 5.92 Å². The lowest BCUT2D eigenvalue weighted by Gasteiger charge is -2.46. The Balaban J connectivity index is 2.99. The average molecular weight is 236 g/mol. The molecule has 16 heavy (non-hydrogen) atoms. The number of carbonyl (C=O) groups is 1. The second-order valence-electron chi connectivity index (χ2n) is 4.06. The van der Waals surface area contributed by atoms with E-state index in [2.05, 4.69) is 0 Å². The maximum absolute atomic E-state index is 10.7. The third-order valence-electron chi connectivity index (χ3n) is 2.94. The van der Waals surface area contributed by atoms with Crippen molar-refractivity contribution in [3.05, 3.63) is 0 Å². The summed E-state index contributed by atoms with van der Waals surface area (Å²) in [5.41, 5.74) is 0. The molecule has 0 amide bonds. The summed E-state index contributed by atoms with van der Waals surface area (Å²) >= 11 is 0. The van der Waals surface area contributed by atoms with Crippen molar-refractivity contribution in [1.82, 2.24) is 0 Å². The molecule has 0 aromatic rings. The number of aliphatic hydroxyl groups is 4. The smallest absolute Gasteiger partial charge is 0.311 e. The molecule has 0 aromatic carbocycles. The summed E-state index contributed by atoms with van der Waals surface area (Å²) in [6, 6.07) is 0. The van der Waals surface area contributed by atoms with Gasteiger partial charge >= 0.3 is 5.97 Å². The predicted molar refractivity (Wildman–Crippen MR) is 50.3 cm³/mol. The van der Waals surface area contributed by atoms with E-state index in [-0.39, 0.29) is 0 Å². The topological polar surface area (TPSA) is 127 Å². The van der Waals surface area contributed by atoms with Gasteiger partial charge < -0.3 is 30.3 Å². The zero-order valence-electron chi connectivity index (χ0n) is 8.94. The molecule has 0 radical (unpaired) electrons. The first kappa shape index (κ1) is 13.3. The second-order valence-corrected chi connectivity index (χ2v) is 4.06. The van der Waals surface area contributed by atoms with E-state index in [4.69, 9.17) is 9.84 Å². The Kier molecular flexibility index (Phi) is 3.56. The van der Waals surface area contributed by atoms with Crippen LogP contribution >= 0.6 is 0 Å². The predicted octanol–water partition coefficient (Wildman–Crippen LogP) is -2.10. The molecule has 1 heterocycles. The number of hydrogen-bond acceptors (Lipinski definition) is 6. The van der Waals surface area contributed by atoms with Crippen molar-refractivity contribution < 1.29 is 35.1 Å². The molecule has 1 aliphatic heterocycles. The molecule has 5 N–H and O–H groups in total. The molecule has 6 atom stereocenters. The maximum atomic E-state index is 10.7. The summed E-state index contributed by atoms with van der Waals surface area (Å²) in [7, 11) is 0. The van der Waals surface area contributed by atoms with E-state index in [0.717, 1.165) is 6.92 Å². The second kappa shape index (κ2) is 4.27. The van der Waals surface area contributed by atoms with Crippen molar-refractivity contribution in [1.29, 1.82) is 0 Å². The molecule has 0 spiro atoms. The molecular formula is C9H16O7. The Labute approximate surface area is 91.9 Å². The lowest BCUT2D eigenvalue weighted by atomic mass is 9.86. The van der Waals surface area contributed by atoms with Crippen molar-refractivity contribution in [2.75, 3.05) is 0 Å². The lowest BCUT2D eigenvalue weighted by molar-refractivity contribution is -0.357. The van der Waals surface area contributed by atoms with Gasteiger partial charge in [-0.15, -0.1) is 0 Å². The summed E-state index contributed by atoms with van der Waals surface area (Å²) < 4.78 is 4.91. The zero-order chi connectivity index (χ0) is 12.7. The van der Waals surface area contributed by atoms with Crippen molar-refractivity contribution >= 4 is 5.97 Å². The molecule has 1 fully saturated rings. The van der Waals surface area contributed by atoms with Crippen LogP contribution in [0.15, 0.2) is 0 Å². The zero-order valence-corrected chi connectivity index (χ0v) is 8.94. The number of carboxylic acid groups (broad SMARTS) is 1. The highest BCUT2D eigenvalue weighted by Gasteiger charge is 2.56. The third kappa shape index (κ3) is 1.92. The third-order valence-corrected chi connectivity index (χ3v) is 2.94. The quantitative estimate of drug-likeness (QED) is 0.371. The van der Waals surface area contributed by atoms with Crippen molar-refractivity contribution in [3.63, 3.8) is 0 Å². The Morgan fingerprint density at radius 2 is 1.81 bits per heavy atom. The number of rotatable bonds is 2. The molecule has 0 aliphatic carbocycles. The van der Waals surface area contributed by atoms with Gasteiger partial charge in [-0.1, -0.05) is 0 Å². The number of aliphatic hydroxyl groups excluding tert-OH is 3. The van der Waals surface area contributed by atoms with Gasteiger partial charge in [0, 0.05) is 0 Å². The minimum atomic E-state index is -2.41. The highest BCUT2D eigenvalue weighted by molar-refractivity contribution is 5.71. The molecular weight excluding hydrogens is 220 g/mol. The maximum Gasteiger partial charge on any atom is 0.311 e. The largest absolute Gasteiger partial charge is 0.481 e. The molecule has 0 saturated carbocycles. The Hall–Kier alpha value is -0.730. The fourth-order valence-corrected chi connectivity index (χ4v) is 1.68. The van der Waals surface area contributed by atoms with Crippen LogP contribution in [0.25, 0.3) is 0 Å². The fraction of sp³-hybridized carbons (Fsp3) is 0.889. The SMILES string of the molecule is CC(C(=O)O)[C@]1(O)O[C@@H](C)[C@H](O)[C@@H](O)[C@H]1O. The first-order valence-corrected chi connectivity index (χ1v) is 4.89. The van der Waals surface area contributed by atoms with Crippen LogP contribution in [-0.4, -0.2) is 61.7 Å². The first-order valence-electron chi connectivity index (χ1n) is 4.89. The van der Waals surface area contributed by atoms with E-state index >= 15 is 0 Å². The molecule has 1 rings (SSSR count).